The van der Waals surface area contributed by atoms with E-state index < -0.39 is 0 Å². The van der Waals surface area contributed by atoms with Crippen molar-refractivity contribution in [1.82, 2.24) is 5.43 Å². The van der Waals surface area contributed by atoms with Gasteiger partial charge in [-0.05, 0) is 56.4 Å². The highest BCUT2D eigenvalue weighted by molar-refractivity contribution is 6.02. The second-order valence-corrected chi connectivity index (χ2v) is 5.94. The van der Waals surface area contributed by atoms with Crippen molar-refractivity contribution in [3.8, 4) is 11.5 Å². The van der Waals surface area contributed by atoms with Crippen molar-refractivity contribution in [2.75, 3.05) is 14.2 Å². The normalized spacial score (nSPS) is 18.8. The molecule has 1 aliphatic carbocycles. The summed E-state index contributed by atoms with van der Waals surface area (Å²) in [6.45, 7) is 8.06. The molecule has 1 unspecified atom stereocenters. The molecule has 0 bridgehead atoms. The lowest BCUT2D eigenvalue weighted by molar-refractivity contribution is 0.0954. The van der Waals surface area contributed by atoms with E-state index >= 15 is 0 Å². The first-order valence-corrected chi connectivity index (χ1v) is 7.87. The van der Waals surface area contributed by atoms with E-state index in [4.69, 9.17) is 9.47 Å². The van der Waals surface area contributed by atoms with Gasteiger partial charge in [0.1, 0.15) is 0 Å². The number of benzene rings is 1. The molecule has 1 aromatic rings. The van der Waals surface area contributed by atoms with Gasteiger partial charge in [-0.25, -0.2) is 5.43 Å². The largest absolute Gasteiger partial charge is 0.493 e. The number of amides is 1. The molecule has 24 heavy (non-hydrogen) atoms. The Morgan fingerprint density at radius 3 is 2.62 bits per heavy atom. The number of ether oxygens (including phenoxy) is 2. The zero-order chi connectivity index (χ0) is 17.7. The average Bonchev–Trinajstić information content (AvgIpc) is 2.59. The number of carbonyl (C=O) groups excluding carboxylic acids is 1. The van der Waals surface area contributed by atoms with Crippen molar-refractivity contribution >= 4 is 11.6 Å². The molecule has 5 heteroatoms. The Hall–Kier alpha value is -2.56. The lowest BCUT2D eigenvalue weighted by Crippen LogP contribution is -2.23. The second kappa shape index (κ2) is 7.81. The van der Waals surface area contributed by atoms with E-state index in [9.17, 15) is 4.79 Å². The third kappa shape index (κ3) is 4.04. The molecule has 1 aliphatic rings. The van der Waals surface area contributed by atoms with Gasteiger partial charge in [-0.1, -0.05) is 18.2 Å². The molecule has 0 radical (unpaired) electrons. The predicted molar refractivity (Wildman–Crippen MR) is 95.7 cm³/mol. The van der Waals surface area contributed by atoms with Gasteiger partial charge >= 0.3 is 0 Å². The molecular formula is C19H24N2O3. The molecule has 1 N–H and O–H groups in total. The quantitative estimate of drug-likeness (QED) is 0.662. The summed E-state index contributed by atoms with van der Waals surface area (Å²) in [7, 11) is 3.09. The molecular weight excluding hydrogens is 304 g/mol. The van der Waals surface area contributed by atoms with E-state index in [-0.39, 0.29) is 5.91 Å². The zero-order valence-corrected chi connectivity index (χ0v) is 14.7. The van der Waals surface area contributed by atoms with Gasteiger partial charge in [0.15, 0.2) is 11.5 Å². The van der Waals surface area contributed by atoms with Crippen LogP contribution >= 0.6 is 0 Å². The number of nitrogens with one attached hydrogen (secondary N) is 1. The summed E-state index contributed by atoms with van der Waals surface area (Å²) in [5.41, 5.74) is 6.22. The number of carbonyl (C=O) groups is 1. The maximum Gasteiger partial charge on any atom is 0.271 e. The molecule has 0 aliphatic heterocycles. The van der Waals surface area contributed by atoms with Crippen LogP contribution in [0.2, 0.25) is 0 Å². The van der Waals surface area contributed by atoms with Crippen LogP contribution < -0.4 is 14.9 Å². The van der Waals surface area contributed by atoms with Crippen LogP contribution in [-0.4, -0.2) is 25.8 Å². The van der Waals surface area contributed by atoms with Crippen LogP contribution in [0, 0.1) is 5.92 Å². The number of methoxy groups -OCH3 is 2. The summed E-state index contributed by atoms with van der Waals surface area (Å²) >= 11 is 0. The number of hydrogen-bond donors (Lipinski definition) is 1. The number of hydrazone groups is 1. The second-order valence-electron chi connectivity index (χ2n) is 5.94. The van der Waals surface area contributed by atoms with Crippen molar-refractivity contribution in [2.45, 2.75) is 26.7 Å². The molecule has 0 saturated heterocycles. The minimum absolute atomic E-state index is 0.284. The standard InChI is InChI=1S/C19H24N2O3/c1-12(2)14-7-6-13(3)16(10-14)20-21-19(22)15-8-9-17(23-4)18(11-15)24-5/h6,8-9,11,14H,1,7,10H2,2-5H3,(H,21,22)/b20-16+. The molecule has 0 heterocycles. The summed E-state index contributed by atoms with van der Waals surface area (Å²) in [6, 6.07) is 5.01. The van der Waals surface area contributed by atoms with E-state index in [1.165, 1.54) is 7.11 Å². The molecule has 2 rings (SSSR count). The molecule has 0 aromatic heterocycles. The van der Waals surface area contributed by atoms with Crippen molar-refractivity contribution in [3.05, 3.63) is 47.6 Å². The number of nitrogens with zero attached hydrogens (tertiary/aromatic N) is 1. The van der Waals surface area contributed by atoms with Crippen LogP contribution in [0.4, 0.5) is 0 Å². The maximum absolute atomic E-state index is 12.3. The van der Waals surface area contributed by atoms with Crippen LogP contribution in [0.25, 0.3) is 0 Å². The SMILES string of the molecule is C=C(C)C1CC=C(C)/C(=N/NC(=O)c2ccc(OC)c(OC)c2)C1. The fourth-order valence-electron chi connectivity index (χ4n) is 2.58. The molecule has 1 amide bonds. The Labute approximate surface area is 143 Å². The molecule has 0 spiro atoms. The smallest absolute Gasteiger partial charge is 0.271 e. The van der Waals surface area contributed by atoms with Gasteiger partial charge in [-0.15, -0.1) is 0 Å². The maximum atomic E-state index is 12.3. The van der Waals surface area contributed by atoms with E-state index in [1.807, 2.05) is 13.8 Å². The van der Waals surface area contributed by atoms with Gasteiger partial charge in [0.05, 0.1) is 19.9 Å². The van der Waals surface area contributed by atoms with E-state index in [0.717, 1.165) is 29.7 Å². The Morgan fingerprint density at radius 1 is 1.29 bits per heavy atom. The highest BCUT2D eigenvalue weighted by Gasteiger charge is 2.19. The van der Waals surface area contributed by atoms with Gasteiger partial charge in [0.2, 0.25) is 0 Å². The van der Waals surface area contributed by atoms with Gasteiger partial charge < -0.3 is 9.47 Å². The first-order chi connectivity index (χ1) is 11.5. The van der Waals surface area contributed by atoms with E-state index in [0.29, 0.717) is 23.0 Å². The summed E-state index contributed by atoms with van der Waals surface area (Å²) < 4.78 is 10.4. The topological polar surface area (TPSA) is 59.9 Å². The van der Waals surface area contributed by atoms with Crippen molar-refractivity contribution in [3.63, 3.8) is 0 Å². The fourth-order valence-corrected chi connectivity index (χ4v) is 2.58. The molecule has 128 valence electrons. The number of allylic oxidation sites excluding steroid dienone is 3. The summed E-state index contributed by atoms with van der Waals surface area (Å²) in [4.78, 5) is 12.3. The van der Waals surface area contributed by atoms with Crippen LogP contribution in [0.5, 0.6) is 11.5 Å². The van der Waals surface area contributed by atoms with Crippen molar-refractivity contribution < 1.29 is 14.3 Å². The lowest BCUT2D eigenvalue weighted by Gasteiger charge is -2.22. The molecule has 0 saturated carbocycles. The number of hydrogen-bond acceptors (Lipinski definition) is 4. The highest BCUT2D eigenvalue weighted by Crippen LogP contribution is 2.28. The Bertz CT molecular complexity index is 705. The van der Waals surface area contributed by atoms with Gasteiger partial charge in [-0.2, -0.15) is 5.10 Å². The summed E-state index contributed by atoms with van der Waals surface area (Å²) in [5, 5.41) is 4.31. The van der Waals surface area contributed by atoms with E-state index in [1.54, 1.807) is 25.3 Å². The van der Waals surface area contributed by atoms with Crippen LogP contribution in [0.3, 0.4) is 0 Å². The third-order valence-corrected chi connectivity index (χ3v) is 4.24. The Kier molecular flexibility index (Phi) is 5.79. The van der Waals surface area contributed by atoms with Crippen LogP contribution in [0.1, 0.15) is 37.0 Å². The summed E-state index contributed by atoms with van der Waals surface area (Å²) in [6.07, 6.45) is 3.91. The fraction of sp³-hybridized carbons (Fsp3) is 0.368. The minimum Gasteiger partial charge on any atom is -0.493 e. The lowest BCUT2D eigenvalue weighted by atomic mass is 9.85. The minimum atomic E-state index is -0.284. The number of rotatable bonds is 5. The van der Waals surface area contributed by atoms with Crippen LogP contribution in [-0.2, 0) is 0 Å². The molecule has 1 aromatic carbocycles. The van der Waals surface area contributed by atoms with Crippen molar-refractivity contribution in [2.24, 2.45) is 11.0 Å². The molecule has 5 nitrogen and oxygen atoms in total. The Morgan fingerprint density at radius 2 is 2.00 bits per heavy atom. The van der Waals surface area contributed by atoms with Gasteiger partial charge in [-0.3, -0.25) is 4.79 Å². The molecule has 1 atom stereocenters. The highest BCUT2D eigenvalue weighted by atomic mass is 16.5. The van der Waals surface area contributed by atoms with Crippen LogP contribution in [0.15, 0.2) is 47.1 Å². The summed E-state index contributed by atoms with van der Waals surface area (Å²) in [5.74, 6) is 1.18. The zero-order valence-electron chi connectivity index (χ0n) is 14.7. The average molecular weight is 328 g/mol. The van der Waals surface area contributed by atoms with Gasteiger partial charge in [0.25, 0.3) is 5.91 Å². The Balaban J connectivity index is 2.13. The van der Waals surface area contributed by atoms with Crippen molar-refractivity contribution in [1.29, 1.82) is 0 Å². The first kappa shape index (κ1) is 17.8. The monoisotopic (exact) mass is 328 g/mol. The third-order valence-electron chi connectivity index (χ3n) is 4.24. The predicted octanol–water partition coefficient (Wildman–Crippen LogP) is 3.72. The van der Waals surface area contributed by atoms with Gasteiger partial charge in [0, 0.05) is 5.56 Å². The van der Waals surface area contributed by atoms with E-state index in [2.05, 4.69) is 23.2 Å². The molecule has 0 fully saturated rings. The first-order valence-electron chi connectivity index (χ1n) is 7.87.